The van der Waals surface area contributed by atoms with Crippen LogP contribution in [0.2, 0.25) is 5.02 Å². The van der Waals surface area contributed by atoms with E-state index >= 15 is 0 Å². The van der Waals surface area contributed by atoms with E-state index in [2.05, 4.69) is 14.7 Å². The predicted molar refractivity (Wildman–Crippen MR) is 68.0 cm³/mol. The maximum Gasteiger partial charge on any atom is 0.282 e. The van der Waals surface area contributed by atoms with Crippen molar-refractivity contribution in [2.24, 2.45) is 7.05 Å². The Morgan fingerprint density at radius 3 is 2.72 bits per heavy atom. The number of nitrogens with one attached hydrogen (secondary N) is 1. The fourth-order valence-corrected chi connectivity index (χ4v) is 2.51. The highest BCUT2D eigenvalue weighted by atomic mass is 35.5. The molecule has 8 heteroatoms. The maximum atomic E-state index is 12.0. The van der Waals surface area contributed by atoms with E-state index < -0.39 is 10.0 Å². The number of hydrogen-bond donors (Lipinski definition) is 1. The molecule has 0 aliphatic heterocycles. The number of sulfonamides is 1. The molecule has 0 saturated heterocycles. The van der Waals surface area contributed by atoms with E-state index in [4.69, 9.17) is 11.6 Å². The van der Waals surface area contributed by atoms with Crippen LogP contribution >= 0.6 is 11.6 Å². The van der Waals surface area contributed by atoms with Crippen molar-refractivity contribution in [3.05, 3.63) is 35.4 Å². The van der Waals surface area contributed by atoms with Gasteiger partial charge in [-0.3, -0.25) is 4.72 Å². The molecule has 0 amide bonds. The molecule has 6 nitrogen and oxygen atoms in total. The monoisotopic (exact) mass is 286 g/mol. The Balaban J connectivity index is 2.33. The molecule has 0 spiro atoms. The largest absolute Gasteiger partial charge is 0.337 e. The molecule has 0 bridgehead atoms. The Morgan fingerprint density at radius 2 is 2.17 bits per heavy atom. The average molecular weight is 287 g/mol. The van der Waals surface area contributed by atoms with Crippen molar-refractivity contribution in [1.82, 2.24) is 14.5 Å². The number of aryl methyl sites for hydroxylation is 2. The van der Waals surface area contributed by atoms with Crippen molar-refractivity contribution in [1.29, 1.82) is 0 Å². The molecule has 96 valence electrons. The minimum Gasteiger partial charge on any atom is -0.337 e. The highest BCUT2D eigenvalue weighted by molar-refractivity contribution is 7.92. The number of nitrogens with zero attached hydrogens (tertiary/aromatic N) is 3. The van der Waals surface area contributed by atoms with E-state index in [0.717, 1.165) is 0 Å². The highest BCUT2D eigenvalue weighted by Gasteiger charge is 2.19. The van der Waals surface area contributed by atoms with E-state index in [1.807, 2.05) is 0 Å². The maximum absolute atomic E-state index is 12.0. The third-order valence-corrected chi connectivity index (χ3v) is 3.78. The van der Waals surface area contributed by atoms with Gasteiger partial charge >= 0.3 is 0 Å². The first-order chi connectivity index (χ1) is 8.38. The number of anilines is 1. The summed E-state index contributed by atoms with van der Waals surface area (Å²) in [6, 6.07) is 2.99. The number of pyridine rings is 1. The molecule has 0 aromatic carbocycles. The van der Waals surface area contributed by atoms with E-state index in [-0.39, 0.29) is 10.8 Å². The van der Waals surface area contributed by atoms with Crippen LogP contribution < -0.4 is 4.72 Å². The van der Waals surface area contributed by atoms with Crippen molar-refractivity contribution in [3.63, 3.8) is 0 Å². The molecule has 2 heterocycles. The molecule has 2 aromatic heterocycles. The van der Waals surface area contributed by atoms with Gasteiger partial charge in [0, 0.05) is 30.5 Å². The summed E-state index contributed by atoms with van der Waals surface area (Å²) < 4.78 is 28.0. The Hall–Kier alpha value is -1.60. The lowest BCUT2D eigenvalue weighted by Crippen LogP contribution is -2.14. The van der Waals surface area contributed by atoms with E-state index in [1.165, 1.54) is 18.5 Å². The van der Waals surface area contributed by atoms with Gasteiger partial charge in [-0.05, 0) is 13.0 Å². The second-order valence-electron chi connectivity index (χ2n) is 3.70. The van der Waals surface area contributed by atoms with Gasteiger partial charge in [0.25, 0.3) is 10.0 Å². The van der Waals surface area contributed by atoms with Gasteiger partial charge in [0.2, 0.25) is 0 Å². The fourth-order valence-electron chi connectivity index (χ4n) is 1.31. The zero-order valence-corrected chi connectivity index (χ0v) is 11.3. The lowest BCUT2D eigenvalue weighted by atomic mass is 10.5. The summed E-state index contributed by atoms with van der Waals surface area (Å²) in [6.07, 6.45) is 2.85. The second kappa shape index (κ2) is 4.58. The zero-order valence-electron chi connectivity index (χ0n) is 9.75. The van der Waals surface area contributed by atoms with Crippen LogP contribution in [-0.2, 0) is 17.1 Å². The van der Waals surface area contributed by atoms with Gasteiger partial charge in [-0.1, -0.05) is 11.6 Å². The summed E-state index contributed by atoms with van der Waals surface area (Å²) in [5.41, 5.74) is 0. The SMILES string of the molecule is Cc1nc(S(=O)(=O)Nc2cc(Cl)ccn2)cn1C. The summed E-state index contributed by atoms with van der Waals surface area (Å²) >= 11 is 5.75. The first kappa shape index (κ1) is 12.8. The van der Waals surface area contributed by atoms with Crippen LogP contribution in [0.4, 0.5) is 5.82 Å². The third kappa shape index (κ3) is 2.62. The summed E-state index contributed by atoms with van der Waals surface area (Å²) in [4.78, 5) is 7.82. The molecule has 0 saturated carbocycles. The van der Waals surface area contributed by atoms with Gasteiger partial charge in [0.05, 0.1) is 0 Å². The van der Waals surface area contributed by atoms with Crippen molar-refractivity contribution in [2.75, 3.05) is 4.72 Å². The van der Waals surface area contributed by atoms with Crippen LogP contribution in [0, 0.1) is 6.92 Å². The Kier molecular flexibility index (Phi) is 3.27. The van der Waals surface area contributed by atoms with Crippen LogP contribution in [0.5, 0.6) is 0 Å². The number of imidazole rings is 1. The predicted octanol–water partition coefficient (Wildman–Crippen LogP) is 1.58. The molecule has 2 aromatic rings. The molecule has 0 aliphatic rings. The normalized spacial score (nSPS) is 11.5. The van der Waals surface area contributed by atoms with Crippen LogP contribution in [0.3, 0.4) is 0 Å². The number of rotatable bonds is 3. The summed E-state index contributed by atoms with van der Waals surface area (Å²) in [5, 5.41) is 0.351. The molecule has 0 aliphatic carbocycles. The lowest BCUT2D eigenvalue weighted by molar-refractivity contribution is 0.598. The molecule has 0 fully saturated rings. The number of aromatic nitrogens is 3. The molecule has 0 unspecified atom stereocenters. The van der Waals surface area contributed by atoms with Gasteiger partial charge < -0.3 is 4.57 Å². The highest BCUT2D eigenvalue weighted by Crippen LogP contribution is 2.16. The number of hydrogen-bond acceptors (Lipinski definition) is 4. The molecule has 18 heavy (non-hydrogen) atoms. The average Bonchev–Trinajstić information content (AvgIpc) is 2.59. The van der Waals surface area contributed by atoms with Crippen molar-refractivity contribution < 1.29 is 8.42 Å². The van der Waals surface area contributed by atoms with Crippen molar-refractivity contribution in [2.45, 2.75) is 11.9 Å². The van der Waals surface area contributed by atoms with Crippen LogP contribution in [0.1, 0.15) is 5.82 Å². The van der Waals surface area contributed by atoms with Gasteiger partial charge in [-0.25, -0.2) is 9.97 Å². The van der Waals surface area contributed by atoms with E-state index in [0.29, 0.717) is 10.8 Å². The first-order valence-corrected chi connectivity index (χ1v) is 6.89. The molecular formula is C10H11ClN4O2S. The molecular weight excluding hydrogens is 276 g/mol. The van der Waals surface area contributed by atoms with E-state index in [1.54, 1.807) is 24.6 Å². The topological polar surface area (TPSA) is 76.9 Å². The smallest absolute Gasteiger partial charge is 0.282 e. The first-order valence-electron chi connectivity index (χ1n) is 5.03. The minimum absolute atomic E-state index is 0.0516. The summed E-state index contributed by atoms with van der Waals surface area (Å²) in [5.74, 6) is 0.764. The Bertz CT molecular complexity index is 661. The van der Waals surface area contributed by atoms with Gasteiger partial charge in [-0.15, -0.1) is 0 Å². The van der Waals surface area contributed by atoms with Gasteiger partial charge in [0.15, 0.2) is 5.03 Å². The number of halogens is 1. The molecule has 1 N–H and O–H groups in total. The van der Waals surface area contributed by atoms with Crippen LogP contribution in [-0.4, -0.2) is 23.0 Å². The molecule has 0 atom stereocenters. The quantitative estimate of drug-likeness (QED) is 0.929. The molecule has 2 rings (SSSR count). The van der Waals surface area contributed by atoms with Crippen molar-refractivity contribution >= 4 is 27.4 Å². The van der Waals surface area contributed by atoms with Crippen molar-refractivity contribution in [3.8, 4) is 0 Å². The van der Waals surface area contributed by atoms with Crippen LogP contribution in [0.15, 0.2) is 29.6 Å². The second-order valence-corrected chi connectivity index (χ2v) is 5.77. The summed E-state index contributed by atoms with van der Waals surface area (Å²) in [6.45, 7) is 1.72. The fraction of sp³-hybridized carbons (Fsp3) is 0.200. The van der Waals surface area contributed by atoms with Crippen LogP contribution in [0.25, 0.3) is 0 Å². The Labute approximate surface area is 110 Å². The third-order valence-electron chi connectivity index (χ3n) is 2.32. The van der Waals surface area contributed by atoms with Gasteiger partial charge in [0.1, 0.15) is 11.6 Å². The minimum atomic E-state index is -3.73. The molecule has 0 radical (unpaired) electrons. The van der Waals surface area contributed by atoms with Gasteiger partial charge in [-0.2, -0.15) is 8.42 Å². The standard InChI is InChI=1S/C10H11ClN4O2S/c1-7-13-10(6-15(7)2)18(16,17)14-9-5-8(11)3-4-12-9/h3-6H,1-2H3,(H,12,14). The Morgan fingerprint density at radius 1 is 1.44 bits per heavy atom. The lowest BCUT2D eigenvalue weighted by Gasteiger charge is -2.04. The zero-order chi connectivity index (χ0) is 13.3. The summed E-state index contributed by atoms with van der Waals surface area (Å²) in [7, 11) is -2.01. The van der Waals surface area contributed by atoms with E-state index in [9.17, 15) is 8.42 Å².